The Balaban J connectivity index is 1.88. The molecule has 0 aliphatic heterocycles. The van der Waals surface area contributed by atoms with Gasteiger partial charge in [0, 0.05) is 32.5 Å². The van der Waals surface area contributed by atoms with E-state index < -0.39 is 10.0 Å². The van der Waals surface area contributed by atoms with Crippen molar-refractivity contribution in [2.75, 3.05) is 13.1 Å². The summed E-state index contributed by atoms with van der Waals surface area (Å²) < 4.78 is 31.4. The first-order valence-corrected chi connectivity index (χ1v) is 9.79. The van der Waals surface area contributed by atoms with E-state index in [1.807, 2.05) is 19.9 Å². The van der Waals surface area contributed by atoms with Crippen LogP contribution in [0.25, 0.3) is 0 Å². The molecule has 1 aromatic carbocycles. The lowest BCUT2D eigenvalue weighted by Gasteiger charge is -2.18. The molecule has 1 N–H and O–H groups in total. The summed E-state index contributed by atoms with van der Waals surface area (Å²) in [4.78, 5) is 12.1. The van der Waals surface area contributed by atoms with Crippen molar-refractivity contribution in [3.63, 3.8) is 0 Å². The van der Waals surface area contributed by atoms with Crippen LogP contribution in [0.2, 0.25) is 0 Å². The number of benzene rings is 1. The molecule has 0 radical (unpaired) electrons. The van der Waals surface area contributed by atoms with Crippen molar-refractivity contribution in [3.05, 3.63) is 54.0 Å². The van der Waals surface area contributed by atoms with Crippen LogP contribution >= 0.6 is 0 Å². The van der Waals surface area contributed by atoms with E-state index in [2.05, 4.69) is 5.32 Å². The fourth-order valence-electron chi connectivity index (χ4n) is 2.47. The average Bonchev–Trinajstić information content (AvgIpc) is 3.13. The minimum Gasteiger partial charge on any atom is -0.469 e. The van der Waals surface area contributed by atoms with Gasteiger partial charge in [0.25, 0.3) is 0 Å². The summed E-state index contributed by atoms with van der Waals surface area (Å²) in [6, 6.07) is 10.2. The summed E-state index contributed by atoms with van der Waals surface area (Å²) in [5.41, 5.74) is 0.852. The topological polar surface area (TPSA) is 79.6 Å². The Morgan fingerprint density at radius 1 is 1.12 bits per heavy atom. The van der Waals surface area contributed by atoms with E-state index in [0.29, 0.717) is 32.5 Å². The van der Waals surface area contributed by atoms with Crippen LogP contribution in [0, 0.1) is 0 Å². The van der Waals surface area contributed by atoms with Crippen molar-refractivity contribution < 1.29 is 17.6 Å². The van der Waals surface area contributed by atoms with Crippen molar-refractivity contribution >= 4 is 15.9 Å². The van der Waals surface area contributed by atoms with Crippen LogP contribution in [-0.4, -0.2) is 31.7 Å². The minimum absolute atomic E-state index is 0.0729. The van der Waals surface area contributed by atoms with E-state index in [-0.39, 0.29) is 10.8 Å². The zero-order valence-electron chi connectivity index (χ0n) is 14.6. The van der Waals surface area contributed by atoms with Gasteiger partial charge >= 0.3 is 0 Å². The van der Waals surface area contributed by atoms with Crippen molar-refractivity contribution in [3.8, 4) is 0 Å². The van der Waals surface area contributed by atoms with E-state index in [1.54, 1.807) is 36.6 Å². The Kier molecular flexibility index (Phi) is 6.78. The Morgan fingerprint density at radius 2 is 1.80 bits per heavy atom. The van der Waals surface area contributed by atoms with Crippen LogP contribution in [-0.2, 0) is 27.8 Å². The molecule has 2 rings (SSSR count). The van der Waals surface area contributed by atoms with Crippen LogP contribution in [0.15, 0.2) is 52.0 Å². The van der Waals surface area contributed by atoms with Crippen LogP contribution in [0.3, 0.4) is 0 Å². The summed E-state index contributed by atoms with van der Waals surface area (Å²) >= 11 is 0. The zero-order valence-corrected chi connectivity index (χ0v) is 15.4. The van der Waals surface area contributed by atoms with E-state index >= 15 is 0 Å². The largest absolute Gasteiger partial charge is 0.469 e. The first-order chi connectivity index (χ1) is 12.0. The molecule has 1 amide bonds. The second kappa shape index (κ2) is 8.82. The van der Waals surface area contributed by atoms with Crippen molar-refractivity contribution in [2.24, 2.45) is 0 Å². The molecule has 1 aromatic heterocycles. The number of amides is 1. The Labute approximate surface area is 148 Å². The molecule has 0 aliphatic rings. The summed E-state index contributed by atoms with van der Waals surface area (Å²) in [5, 5.41) is 2.82. The van der Waals surface area contributed by atoms with Crippen molar-refractivity contribution in [1.29, 1.82) is 0 Å². The van der Waals surface area contributed by atoms with Gasteiger partial charge in [-0.2, -0.15) is 4.31 Å². The number of hydrogen-bond acceptors (Lipinski definition) is 4. The number of nitrogens with zero attached hydrogens (tertiary/aromatic N) is 1. The van der Waals surface area contributed by atoms with Crippen LogP contribution in [0.1, 0.15) is 31.6 Å². The first-order valence-electron chi connectivity index (χ1n) is 8.35. The fourth-order valence-corrected chi connectivity index (χ4v) is 3.93. The minimum atomic E-state index is -3.45. The van der Waals surface area contributed by atoms with E-state index in [0.717, 1.165) is 11.3 Å². The molecular formula is C18H24N2O4S. The molecule has 0 saturated heterocycles. The highest BCUT2D eigenvalue weighted by Crippen LogP contribution is 2.16. The predicted octanol–water partition coefficient (Wildman–Crippen LogP) is 2.56. The highest BCUT2D eigenvalue weighted by Gasteiger charge is 2.21. The summed E-state index contributed by atoms with van der Waals surface area (Å²) in [5.74, 6) is 0.706. The third-order valence-corrected chi connectivity index (χ3v) is 6.00. The molecule has 7 heteroatoms. The number of sulfonamides is 1. The van der Waals surface area contributed by atoms with Crippen LogP contribution in [0.4, 0.5) is 0 Å². The lowest BCUT2D eigenvalue weighted by molar-refractivity contribution is -0.121. The lowest BCUT2D eigenvalue weighted by atomic mass is 10.2. The van der Waals surface area contributed by atoms with Gasteiger partial charge in [0.2, 0.25) is 15.9 Å². The second-order valence-electron chi connectivity index (χ2n) is 5.59. The van der Waals surface area contributed by atoms with E-state index in [1.165, 1.54) is 4.31 Å². The molecule has 0 bridgehead atoms. The first kappa shape index (κ1) is 19.2. The number of rotatable bonds is 9. The lowest BCUT2D eigenvalue weighted by Crippen LogP contribution is -2.30. The summed E-state index contributed by atoms with van der Waals surface area (Å²) in [7, 11) is -3.45. The molecule has 136 valence electrons. The summed E-state index contributed by atoms with van der Waals surface area (Å²) in [6.45, 7) is 4.86. The standard InChI is InChI=1S/C18H24N2O4S/c1-3-20(4-2)25(22,23)17-10-7-15(8-11-17)14-19-18(21)12-9-16-6-5-13-24-16/h5-8,10-11,13H,3-4,9,12,14H2,1-2H3,(H,19,21). The summed E-state index contributed by atoms with van der Waals surface area (Å²) in [6.07, 6.45) is 2.49. The highest BCUT2D eigenvalue weighted by atomic mass is 32.2. The molecule has 0 spiro atoms. The quantitative estimate of drug-likeness (QED) is 0.742. The van der Waals surface area contributed by atoms with Crippen molar-refractivity contribution in [1.82, 2.24) is 9.62 Å². The van der Waals surface area contributed by atoms with Gasteiger partial charge in [-0.3, -0.25) is 4.79 Å². The number of carbonyl (C=O) groups is 1. The van der Waals surface area contributed by atoms with Gasteiger partial charge in [-0.05, 0) is 29.8 Å². The second-order valence-corrected chi connectivity index (χ2v) is 7.53. The monoisotopic (exact) mass is 364 g/mol. The maximum Gasteiger partial charge on any atom is 0.243 e. The Bertz CT molecular complexity index is 764. The zero-order chi connectivity index (χ0) is 18.3. The molecule has 25 heavy (non-hydrogen) atoms. The molecule has 0 aliphatic carbocycles. The number of aryl methyl sites for hydroxylation is 1. The fraction of sp³-hybridized carbons (Fsp3) is 0.389. The van der Waals surface area contributed by atoms with Crippen molar-refractivity contribution in [2.45, 2.75) is 38.1 Å². The van der Waals surface area contributed by atoms with E-state index in [4.69, 9.17) is 4.42 Å². The number of carbonyl (C=O) groups excluding carboxylic acids is 1. The van der Waals surface area contributed by atoms with E-state index in [9.17, 15) is 13.2 Å². The van der Waals surface area contributed by atoms with Gasteiger partial charge in [0.1, 0.15) is 5.76 Å². The molecule has 2 aromatic rings. The maximum atomic E-state index is 12.4. The Hall–Kier alpha value is -2.12. The normalized spacial score (nSPS) is 11.6. The van der Waals surface area contributed by atoms with Crippen LogP contribution in [0.5, 0.6) is 0 Å². The van der Waals surface area contributed by atoms with Gasteiger partial charge < -0.3 is 9.73 Å². The number of nitrogens with one attached hydrogen (secondary N) is 1. The smallest absolute Gasteiger partial charge is 0.243 e. The van der Waals surface area contributed by atoms with Gasteiger partial charge in [0.15, 0.2) is 0 Å². The predicted molar refractivity (Wildman–Crippen MR) is 95.4 cm³/mol. The molecule has 0 saturated carbocycles. The molecular weight excluding hydrogens is 340 g/mol. The third-order valence-electron chi connectivity index (χ3n) is 3.93. The van der Waals surface area contributed by atoms with Gasteiger partial charge in [-0.15, -0.1) is 0 Å². The van der Waals surface area contributed by atoms with Gasteiger partial charge in [-0.1, -0.05) is 26.0 Å². The average molecular weight is 364 g/mol. The molecule has 1 heterocycles. The highest BCUT2D eigenvalue weighted by molar-refractivity contribution is 7.89. The molecule has 6 nitrogen and oxygen atoms in total. The molecule has 0 unspecified atom stereocenters. The SMILES string of the molecule is CCN(CC)S(=O)(=O)c1ccc(CNC(=O)CCc2ccco2)cc1. The third kappa shape index (κ3) is 5.17. The number of hydrogen-bond donors (Lipinski definition) is 1. The molecule has 0 fully saturated rings. The van der Waals surface area contributed by atoms with Gasteiger partial charge in [-0.25, -0.2) is 8.42 Å². The number of furan rings is 1. The Morgan fingerprint density at radius 3 is 2.36 bits per heavy atom. The van der Waals surface area contributed by atoms with Gasteiger partial charge in [0.05, 0.1) is 11.2 Å². The maximum absolute atomic E-state index is 12.4. The van der Waals surface area contributed by atoms with Crippen LogP contribution < -0.4 is 5.32 Å². The molecule has 0 atom stereocenters.